The highest BCUT2D eigenvalue weighted by Crippen LogP contribution is 2.16. The second-order valence-electron chi connectivity index (χ2n) is 5.12. The molecular weight excluding hydrogens is 258 g/mol. The topological polar surface area (TPSA) is 20.3 Å². The number of benzene rings is 1. The van der Waals surface area contributed by atoms with Crippen LogP contribution < -0.4 is 0 Å². The first-order valence-electron chi connectivity index (χ1n) is 7.05. The van der Waals surface area contributed by atoms with Crippen LogP contribution in [0.1, 0.15) is 46.1 Å². The van der Waals surface area contributed by atoms with E-state index in [2.05, 4.69) is 27.7 Å². The molecule has 0 aliphatic rings. The Morgan fingerprint density at radius 1 is 1.11 bits per heavy atom. The zero-order valence-electron chi connectivity index (χ0n) is 12.3. The average molecular weight is 282 g/mol. The third-order valence-electron chi connectivity index (χ3n) is 3.69. The Bertz CT molecular complexity index is 392. The Kier molecular flexibility index (Phi) is 6.36. The molecule has 2 atom stereocenters. The van der Waals surface area contributed by atoms with Crippen LogP contribution in [0.25, 0.3) is 0 Å². The van der Waals surface area contributed by atoms with Gasteiger partial charge in [0.05, 0.1) is 6.42 Å². The van der Waals surface area contributed by atoms with Crippen molar-refractivity contribution in [3.8, 4) is 0 Å². The van der Waals surface area contributed by atoms with Crippen LogP contribution in [0, 0.1) is 0 Å². The van der Waals surface area contributed by atoms with Crippen molar-refractivity contribution in [2.24, 2.45) is 0 Å². The lowest BCUT2D eigenvalue weighted by atomic mass is 10.1. The van der Waals surface area contributed by atoms with Crippen LogP contribution in [-0.4, -0.2) is 22.9 Å². The van der Waals surface area contributed by atoms with Gasteiger partial charge in [0, 0.05) is 17.1 Å². The first kappa shape index (κ1) is 16.0. The zero-order chi connectivity index (χ0) is 14.4. The summed E-state index contributed by atoms with van der Waals surface area (Å²) in [5, 5.41) is 0.705. The van der Waals surface area contributed by atoms with Crippen molar-refractivity contribution in [3.05, 3.63) is 34.9 Å². The summed E-state index contributed by atoms with van der Waals surface area (Å²) in [5.41, 5.74) is 1.02. The maximum absolute atomic E-state index is 12.5. The molecule has 0 aliphatic carbocycles. The van der Waals surface area contributed by atoms with E-state index in [0.29, 0.717) is 11.4 Å². The van der Waals surface area contributed by atoms with Gasteiger partial charge in [0.25, 0.3) is 0 Å². The maximum Gasteiger partial charge on any atom is 0.227 e. The van der Waals surface area contributed by atoms with Gasteiger partial charge in [-0.25, -0.2) is 0 Å². The van der Waals surface area contributed by atoms with Gasteiger partial charge in [0.2, 0.25) is 5.91 Å². The number of hydrogen-bond donors (Lipinski definition) is 0. The number of rotatable bonds is 6. The summed E-state index contributed by atoms with van der Waals surface area (Å²) in [6.45, 7) is 8.48. The summed E-state index contributed by atoms with van der Waals surface area (Å²) in [6.07, 6.45) is 2.42. The standard InChI is InChI=1S/C16H24ClNO/c1-5-12(3)18(13(4)6-2)16(19)11-14-7-9-15(17)10-8-14/h7-10,12-13H,5-6,11H2,1-4H3. The van der Waals surface area contributed by atoms with Crippen molar-refractivity contribution in [1.29, 1.82) is 0 Å². The van der Waals surface area contributed by atoms with Crippen LogP contribution in [-0.2, 0) is 11.2 Å². The number of halogens is 1. The summed E-state index contributed by atoms with van der Waals surface area (Å²) in [7, 11) is 0. The Morgan fingerprint density at radius 2 is 1.58 bits per heavy atom. The normalized spacial score (nSPS) is 13.9. The second kappa shape index (κ2) is 7.54. The van der Waals surface area contributed by atoms with Crippen molar-refractivity contribution >= 4 is 17.5 Å². The molecule has 0 N–H and O–H groups in total. The highest BCUT2D eigenvalue weighted by atomic mass is 35.5. The van der Waals surface area contributed by atoms with Crippen LogP contribution >= 0.6 is 11.6 Å². The van der Waals surface area contributed by atoms with Crippen molar-refractivity contribution in [3.63, 3.8) is 0 Å². The number of nitrogens with zero attached hydrogens (tertiary/aromatic N) is 1. The predicted molar refractivity (Wildman–Crippen MR) is 81.5 cm³/mol. The predicted octanol–water partition coefficient (Wildman–Crippen LogP) is 4.31. The van der Waals surface area contributed by atoms with Gasteiger partial charge in [-0.05, 0) is 44.4 Å². The molecule has 106 valence electrons. The van der Waals surface area contributed by atoms with Crippen LogP contribution in [0.3, 0.4) is 0 Å². The van der Waals surface area contributed by atoms with Gasteiger partial charge in [0.1, 0.15) is 0 Å². The first-order valence-corrected chi connectivity index (χ1v) is 7.42. The molecule has 0 heterocycles. The summed E-state index contributed by atoms with van der Waals surface area (Å²) in [6, 6.07) is 8.09. The van der Waals surface area contributed by atoms with E-state index in [-0.39, 0.29) is 18.0 Å². The number of carbonyl (C=O) groups excluding carboxylic acids is 1. The molecule has 0 bridgehead atoms. The first-order chi connectivity index (χ1) is 8.99. The molecule has 1 aromatic rings. The van der Waals surface area contributed by atoms with Crippen molar-refractivity contribution in [2.75, 3.05) is 0 Å². The van der Waals surface area contributed by atoms with Gasteiger partial charge in [-0.3, -0.25) is 4.79 Å². The third kappa shape index (κ3) is 4.54. The van der Waals surface area contributed by atoms with Crippen molar-refractivity contribution in [1.82, 2.24) is 4.90 Å². The number of carbonyl (C=O) groups is 1. The Labute approximate surface area is 121 Å². The zero-order valence-corrected chi connectivity index (χ0v) is 13.1. The van der Waals surface area contributed by atoms with Crippen LogP contribution in [0.4, 0.5) is 0 Å². The summed E-state index contributed by atoms with van der Waals surface area (Å²) in [5.74, 6) is 0.200. The van der Waals surface area contributed by atoms with Crippen LogP contribution in [0.2, 0.25) is 5.02 Å². The Balaban J connectivity index is 2.79. The number of amides is 1. The van der Waals surface area contributed by atoms with Gasteiger partial charge < -0.3 is 4.90 Å². The SMILES string of the molecule is CCC(C)N(C(=O)Cc1ccc(Cl)cc1)C(C)CC. The van der Waals surface area contributed by atoms with Gasteiger partial charge >= 0.3 is 0 Å². The highest BCUT2D eigenvalue weighted by Gasteiger charge is 2.23. The van der Waals surface area contributed by atoms with Crippen LogP contribution in [0.5, 0.6) is 0 Å². The third-order valence-corrected chi connectivity index (χ3v) is 3.94. The van der Waals surface area contributed by atoms with E-state index in [1.165, 1.54) is 0 Å². The minimum absolute atomic E-state index is 0.200. The Morgan fingerprint density at radius 3 is 2.00 bits per heavy atom. The molecule has 0 saturated heterocycles. The van der Waals surface area contributed by atoms with Gasteiger partial charge in [-0.15, -0.1) is 0 Å². The van der Waals surface area contributed by atoms with Crippen molar-refractivity contribution < 1.29 is 4.79 Å². The molecular formula is C16H24ClNO. The smallest absolute Gasteiger partial charge is 0.227 e. The molecule has 2 nitrogen and oxygen atoms in total. The lowest BCUT2D eigenvalue weighted by molar-refractivity contribution is -0.134. The van der Waals surface area contributed by atoms with E-state index < -0.39 is 0 Å². The fourth-order valence-electron chi connectivity index (χ4n) is 2.19. The molecule has 1 amide bonds. The lowest BCUT2D eigenvalue weighted by Gasteiger charge is -2.34. The molecule has 0 aromatic heterocycles. The minimum atomic E-state index is 0.200. The fraction of sp³-hybridized carbons (Fsp3) is 0.562. The number of hydrogen-bond acceptors (Lipinski definition) is 1. The molecule has 1 rings (SSSR count). The maximum atomic E-state index is 12.5. The van der Waals surface area contributed by atoms with Gasteiger partial charge in [-0.2, -0.15) is 0 Å². The van der Waals surface area contributed by atoms with Gasteiger partial charge in [0.15, 0.2) is 0 Å². The monoisotopic (exact) mass is 281 g/mol. The van der Waals surface area contributed by atoms with E-state index in [1.807, 2.05) is 29.2 Å². The second-order valence-corrected chi connectivity index (χ2v) is 5.56. The molecule has 1 aromatic carbocycles. The largest absolute Gasteiger partial charge is 0.337 e. The molecule has 2 unspecified atom stereocenters. The Hall–Kier alpha value is -1.02. The lowest BCUT2D eigenvalue weighted by Crippen LogP contribution is -2.45. The van der Waals surface area contributed by atoms with E-state index in [1.54, 1.807) is 0 Å². The molecule has 19 heavy (non-hydrogen) atoms. The summed E-state index contributed by atoms with van der Waals surface area (Å²) >= 11 is 5.86. The van der Waals surface area contributed by atoms with Gasteiger partial charge in [-0.1, -0.05) is 37.6 Å². The molecule has 0 spiro atoms. The van der Waals surface area contributed by atoms with E-state index in [0.717, 1.165) is 18.4 Å². The molecule has 0 fully saturated rings. The van der Waals surface area contributed by atoms with Crippen molar-refractivity contribution in [2.45, 2.75) is 59.0 Å². The fourth-order valence-corrected chi connectivity index (χ4v) is 2.31. The van der Waals surface area contributed by atoms with E-state index in [4.69, 9.17) is 11.6 Å². The molecule has 3 heteroatoms. The average Bonchev–Trinajstić information content (AvgIpc) is 2.41. The highest BCUT2D eigenvalue weighted by molar-refractivity contribution is 6.30. The molecule has 0 saturated carbocycles. The summed E-state index contributed by atoms with van der Waals surface area (Å²) < 4.78 is 0. The van der Waals surface area contributed by atoms with E-state index in [9.17, 15) is 4.79 Å². The molecule has 0 aliphatic heterocycles. The summed E-state index contributed by atoms with van der Waals surface area (Å²) in [4.78, 5) is 14.5. The van der Waals surface area contributed by atoms with E-state index >= 15 is 0 Å². The minimum Gasteiger partial charge on any atom is -0.337 e. The molecule has 0 radical (unpaired) electrons. The van der Waals surface area contributed by atoms with Crippen LogP contribution in [0.15, 0.2) is 24.3 Å². The quantitative estimate of drug-likeness (QED) is 0.761.